The van der Waals surface area contributed by atoms with Gasteiger partial charge in [-0.2, -0.15) is 0 Å². The van der Waals surface area contributed by atoms with Crippen molar-refractivity contribution in [1.29, 1.82) is 0 Å². The van der Waals surface area contributed by atoms with Gasteiger partial charge < -0.3 is 5.32 Å². The molecular weight excluding hydrogens is 222 g/mol. The third-order valence-electron chi connectivity index (χ3n) is 4.13. The van der Waals surface area contributed by atoms with E-state index < -0.39 is 14.6 Å². The van der Waals surface area contributed by atoms with Gasteiger partial charge in [-0.25, -0.2) is 8.42 Å². The van der Waals surface area contributed by atoms with Crippen LogP contribution in [0.2, 0.25) is 0 Å². The van der Waals surface area contributed by atoms with Gasteiger partial charge in [0.05, 0.1) is 9.49 Å². The van der Waals surface area contributed by atoms with Crippen molar-refractivity contribution in [1.82, 2.24) is 5.32 Å². The molecule has 16 heavy (non-hydrogen) atoms. The number of hydrogen-bond acceptors (Lipinski definition) is 3. The molecule has 3 nitrogen and oxygen atoms in total. The molecule has 2 fully saturated rings. The Morgan fingerprint density at radius 2 is 1.81 bits per heavy atom. The molecule has 0 atom stereocenters. The molecule has 2 aliphatic carbocycles. The van der Waals surface area contributed by atoms with Gasteiger partial charge in [-0.05, 0) is 45.6 Å². The Kier molecular flexibility index (Phi) is 3.08. The van der Waals surface area contributed by atoms with Crippen molar-refractivity contribution in [3.05, 3.63) is 0 Å². The van der Waals surface area contributed by atoms with E-state index in [1.54, 1.807) is 0 Å². The fourth-order valence-electron chi connectivity index (χ4n) is 2.27. The van der Waals surface area contributed by atoms with Crippen LogP contribution in [0.4, 0.5) is 0 Å². The summed E-state index contributed by atoms with van der Waals surface area (Å²) in [6.07, 6.45) is 5.75. The lowest BCUT2D eigenvalue weighted by molar-refractivity contribution is 0.543. The first kappa shape index (κ1) is 12.4. The van der Waals surface area contributed by atoms with Gasteiger partial charge in [0.15, 0.2) is 9.84 Å². The van der Waals surface area contributed by atoms with Gasteiger partial charge in [0, 0.05) is 6.54 Å². The number of unbranched alkanes of at least 4 members (excludes halogenated alkanes) is 1. The molecule has 2 rings (SSSR count). The molecule has 0 heterocycles. The summed E-state index contributed by atoms with van der Waals surface area (Å²) in [6.45, 7) is 5.68. The van der Waals surface area contributed by atoms with Crippen LogP contribution in [0, 0.1) is 0 Å². The summed E-state index contributed by atoms with van der Waals surface area (Å²) in [7, 11) is -2.90. The van der Waals surface area contributed by atoms with Crippen molar-refractivity contribution < 1.29 is 8.42 Å². The fourth-order valence-corrected chi connectivity index (χ4v) is 4.88. The molecule has 0 radical (unpaired) electrons. The highest BCUT2D eigenvalue weighted by Crippen LogP contribution is 2.55. The second-order valence-corrected chi connectivity index (χ2v) is 8.53. The zero-order valence-electron chi connectivity index (χ0n) is 10.4. The first-order chi connectivity index (χ1) is 7.47. The number of hydrogen-bond donors (Lipinski definition) is 1. The lowest BCUT2D eigenvalue weighted by Gasteiger charge is -2.21. The summed E-state index contributed by atoms with van der Waals surface area (Å²) < 4.78 is 24.1. The van der Waals surface area contributed by atoms with E-state index in [1.807, 2.05) is 6.92 Å². The number of sulfone groups is 1. The summed E-state index contributed by atoms with van der Waals surface area (Å²) in [5.74, 6) is 0. The van der Waals surface area contributed by atoms with Gasteiger partial charge in [0.25, 0.3) is 0 Å². The van der Waals surface area contributed by atoms with Crippen LogP contribution >= 0.6 is 0 Å². The molecular formula is C12H23NO2S. The van der Waals surface area contributed by atoms with Crippen LogP contribution in [0.1, 0.15) is 52.4 Å². The summed E-state index contributed by atoms with van der Waals surface area (Å²) in [6, 6.07) is 0. The minimum atomic E-state index is -2.90. The van der Waals surface area contributed by atoms with Gasteiger partial charge in [-0.3, -0.25) is 0 Å². The van der Waals surface area contributed by atoms with E-state index in [2.05, 4.69) is 12.2 Å². The van der Waals surface area contributed by atoms with Crippen LogP contribution in [0.5, 0.6) is 0 Å². The molecule has 2 saturated carbocycles. The van der Waals surface area contributed by atoms with Crippen molar-refractivity contribution in [3.63, 3.8) is 0 Å². The Hall–Kier alpha value is -0.0900. The zero-order valence-corrected chi connectivity index (χ0v) is 11.2. The number of rotatable bonds is 7. The van der Waals surface area contributed by atoms with Crippen LogP contribution in [-0.2, 0) is 9.84 Å². The second kappa shape index (κ2) is 3.98. The lowest BCUT2D eigenvalue weighted by atomic mass is 10.3. The molecule has 4 heteroatoms. The van der Waals surface area contributed by atoms with E-state index in [0.29, 0.717) is 6.54 Å². The maximum absolute atomic E-state index is 12.4. The molecule has 0 saturated heterocycles. The van der Waals surface area contributed by atoms with E-state index in [-0.39, 0.29) is 4.75 Å². The third-order valence-corrected chi connectivity index (χ3v) is 7.53. The molecule has 0 bridgehead atoms. The van der Waals surface area contributed by atoms with Gasteiger partial charge in [0.2, 0.25) is 0 Å². The molecule has 2 aliphatic rings. The van der Waals surface area contributed by atoms with E-state index in [4.69, 9.17) is 0 Å². The maximum Gasteiger partial charge on any atom is 0.162 e. The monoisotopic (exact) mass is 245 g/mol. The lowest BCUT2D eigenvalue weighted by Crippen LogP contribution is -2.41. The SMILES string of the molecule is CCCCNCC1(S(=O)(=O)C2(C)CC2)CC1. The largest absolute Gasteiger partial charge is 0.315 e. The van der Waals surface area contributed by atoms with Crippen LogP contribution in [0.3, 0.4) is 0 Å². The van der Waals surface area contributed by atoms with Gasteiger partial charge in [-0.1, -0.05) is 13.3 Å². The quantitative estimate of drug-likeness (QED) is 0.697. The normalized spacial score (nSPS) is 25.4. The van der Waals surface area contributed by atoms with Gasteiger partial charge in [0.1, 0.15) is 0 Å². The molecule has 0 aliphatic heterocycles. The summed E-state index contributed by atoms with van der Waals surface area (Å²) in [5.41, 5.74) is 0. The van der Waals surface area contributed by atoms with Crippen LogP contribution in [0.25, 0.3) is 0 Å². The Morgan fingerprint density at radius 3 is 2.25 bits per heavy atom. The Labute approximate surface area is 98.9 Å². The number of nitrogens with one attached hydrogen (secondary N) is 1. The molecule has 0 amide bonds. The zero-order chi connectivity index (χ0) is 11.9. The Balaban J connectivity index is 1.93. The minimum Gasteiger partial charge on any atom is -0.315 e. The average molecular weight is 245 g/mol. The molecule has 0 aromatic carbocycles. The highest BCUT2D eigenvalue weighted by molar-refractivity contribution is 7.94. The predicted molar refractivity (Wildman–Crippen MR) is 66.3 cm³/mol. The molecule has 0 unspecified atom stereocenters. The Bertz CT molecular complexity index is 353. The minimum absolute atomic E-state index is 0.379. The average Bonchev–Trinajstić information content (AvgIpc) is 3.10. The summed E-state index contributed by atoms with van der Waals surface area (Å²) in [4.78, 5) is 0. The topological polar surface area (TPSA) is 46.2 Å². The van der Waals surface area contributed by atoms with E-state index in [1.165, 1.54) is 0 Å². The van der Waals surface area contributed by atoms with Crippen LogP contribution in [-0.4, -0.2) is 31.0 Å². The first-order valence-electron chi connectivity index (χ1n) is 6.42. The van der Waals surface area contributed by atoms with Crippen molar-refractivity contribution in [3.8, 4) is 0 Å². The first-order valence-corrected chi connectivity index (χ1v) is 7.91. The molecule has 94 valence electrons. The van der Waals surface area contributed by atoms with E-state index in [9.17, 15) is 8.42 Å². The van der Waals surface area contributed by atoms with Gasteiger partial charge in [-0.15, -0.1) is 0 Å². The van der Waals surface area contributed by atoms with Crippen molar-refractivity contribution in [2.75, 3.05) is 13.1 Å². The van der Waals surface area contributed by atoms with E-state index in [0.717, 1.165) is 45.1 Å². The maximum atomic E-state index is 12.4. The predicted octanol–water partition coefficient (Wildman–Crippen LogP) is 1.88. The Morgan fingerprint density at radius 1 is 1.19 bits per heavy atom. The van der Waals surface area contributed by atoms with Crippen LogP contribution in [0.15, 0.2) is 0 Å². The standard InChI is InChI=1S/C12H23NO2S/c1-3-4-9-13-10-12(7-8-12)16(14,15)11(2)5-6-11/h13H,3-10H2,1-2H3. The molecule has 1 N–H and O–H groups in total. The highest BCUT2D eigenvalue weighted by Gasteiger charge is 2.64. The fraction of sp³-hybridized carbons (Fsp3) is 1.00. The van der Waals surface area contributed by atoms with E-state index >= 15 is 0 Å². The van der Waals surface area contributed by atoms with Crippen molar-refractivity contribution >= 4 is 9.84 Å². The van der Waals surface area contributed by atoms with Crippen molar-refractivity contribution in [2.24, 2.45) is 0 Å². The summed E-state index contributed by atoms with van der Waals surface area (Å²) >= 11 is 0. The molecule has 0 aromatic rings. The smallest absolute Gasteiger partial charge is 0.162 e. The molecule has 0 aromatic heterocycles. The molecule has 0 spiro atoms. The van der Waals surface area contributed by atoms with Crippen LogP contribution < -0.4 is 5.32 Å². The van der Waals surface area contributed by atoms with Crippen molar-refractivity contribution in [2.45, 2.75) is 61.9 Å². The summed E-state index contributed by atoms with van der Waals surface area (Å²) in [5, 5.41) is 3.32. The second-order valence-electron chi connectivity index (χ2n) is 5.67. The highest BCUT2D eigenvalue weighted by atomic mass is 32.2. The third kappa shape index (κ3) is 1.90. The van der Waals surface area contributed by atoms with Gasteiger partial charge >= 0.3 is 0 Å².